The van der Waals surface area contributed by atoms with Crippen LogP contribution in [0.25, 0.3) is 0 Å². The molecule has 1 heterocycles. The fourth-order valence-corrected chi connectivity index (χ4v) is 4.49. The molecule has 0 bridgehead atoms. The molecule has 0 aliphatic carbocycles. The fourth-order valence-electron chi connectivity index (χ4n) is 2.49. The van der Waals surface area contributed by atoms with Crippen molar-refractivity contribution >= 4 is 13.6 Å². The van der Waals surface area contributed by atoms with Crippen LogP contribution in [0.3, 0.4) is 0 Å². The Labute approximate surface area is 134 Å². The van der Waals surface area contributed by atoms with E-state index in [9.17, 15) is 9.36 Å². The Morgan fingerprint density at radius 3 is 2.27 bits per heavy atom. The minimum atomic E-state index is -3.38. The van der Waals surface area contributed by atoms with E-state index in [1.807, 2.05) is 13.8 Å². The first-order valence-corrected chi connectivity index (χ1v) is 9.47. The predicted molar refractivity (Wildman–Crippen MR) is 87.7 cm³/mol. The van der Waals surface area contributed by atoms with Crippen LogP contribution in [0.4, 0.5) is 4.79 Å². The summed E-state index contributed by atoms with van der Waals surface area (Å²) >= 11 is 0. The Bertz CT molecular complexity index is 450. The second-order valence-corrected chi connectivity index (χ2v) is 8.24. The first kappa shape index (κ1) is 19.2. The highest BCUT2D eigenvalue weighted by Gasteiger charge is 2.48. The Morgan fingerprint density at radius 2 is 1.86 bits per heavy atom. The predicted octanol–water partition coefficient (Wildman–Crippen LogP) is 3.90. The smallest absolute Gasteiger partial charge is 0.321 e. The topological polar surface area (TPSA) is 59.1 Å². The second kappa shape index (κ2) is 8.14. The van der Waals surface area contributed by atoms with E-state index in [0.29, 0.717) is 19.0 Å². The molecule has 0 aromatic carbocycles. The maximum Gasteiger partial charge on any atom is 0.355 e. The van der Waals surface area contributed by atoms with Crippen molar-refractivity contribution in [1.82, 2.24) is 9.80 Å². The average molecular weight is 332 g/mol. The van der Waals surface area contributed by atoms with Gasteiger partial charge in [-0.15, -0.1) is 0 Å². The molecule has 0 radical (unpaired) electrons. The van der Waals surface area contributed by atoms with Crippen LogP contribution in [0.15, 0.2) is 11.8 Å². The molecule has 1 rings (SSSR count). The van der Waals surface area contributed by atoms with Crippen molar-refractivity contribution in [3.63, 3.8) is 0 Å². The van der Waals surface area contributed by atoms with Crippen LogP contribution in [-0.2, 0) is 13.6 Å². The summed E-state index contributed by atoms with van der Waals surface area (Å²) in [6.07, 6.45) is 1.73. The summed E-state index contributed by atoms with van der Waals surface area (Å²) < 4.78 is 24.0. The maximum atomic E-state index is 13.1. The summed E-state index contributed by atoms with van der Waals surface area (Å²) in [4.78, 5) is 15.9. The van der Waals surface area contributed by atoms with Crippen molar-refractivity contribution < 1.29 is 18.4 Å². The van der Waals surface area contributed by atoms with Crippen molar-refractivity contribution in [3.05, 3.63) is 11.8 Å². The van der Waals surface area contributed by atoms with E-state index in [1.165, 1.54) is 4.90 Å². The van der Waals surface area contributed by atoms with Gasteiger partial charge in [0.2, 0.25) is 0 Å². The molecule has 128 valence electrons. The molecule has 7 heteroatoms. The molecule has 1 fully saturated rings. The zero-order valence-electron chi connectivity index (χ0n) is 14.5. The fraction of sp³-hybridized carbons (Fsp3) is 0.800. The van der Waals surface area contributed by atoms with E-state index in [2.05, 4.69) is 13.8 Å². The van der Waals surface area contributed by atoms with Crippen molar-refractivity contribution in [2.24, 2.45) is 5.92 Å². The molecule has 1 unspecified atom stereocenters. The first-order valence-electron chi connectivity index (χ1n) is 7.86. The SMILES string of the molecule is CCOP(=O)(OCC)C1CN(CC(C)C)C(=O)N1C=C(C)C. The van der Waals surface area contributed by atoms with Gasteiger partial charge in [0, 0.05) is 12.7 Å². The van der Waals surface area contributed by atoms with Gasteiger partial charge in [0.25, 0.3) is 0 Å². The van der Waals surface area contributed by atoms with Gasteiger partial charge in [-0.2, -0.15) is 0 Å². The lowest BCUT2D eigenvalue weighted by atomic mass is 10.2. The van der Waals surface area contributed by atoms with Crippen molar-refractivity contribution in [2.45, 2.75) is 47.3 Å². The molecule has 0 N–H and O–H groups in total. The first-order chi connectivity index (χ1) is 10.2. The second-order valence-electron chi connectivity index (χ2n) is 6.05. The highest BCUT2D eigenvalue weighted by molar-refractivity contribution is 7.54. The zero-order valence-corrected chi connectivity index (χ0v) is 15.4. The monoisotopic (exact) mass is 332 g/mol. The van der Waals surface area contributed by atoms with E-state index < -0.39 is 13.4 Å². The summed E-state index contributed by atoms with van der Waals surface area (Å²) in [6.45, 7) is 13.0. The number of rotatable bonds is 8. The maximum absolute atomic E-state index is 13.1. The molecule has 0 aromatic rings. The van der Waals surface area contributed by atoms with Gasteiger partial charge in [-0.1, -0.05) is 19.4 Å². The van der Waals surface area contributed by atoms with Crippen LogP contribution in [0.5, 0.6) is 0 Å². The van der Waals surface area contributed by atoms with Crippen molar-refractivity contribution in [2.75, 3.05) is 26.3 Å². The Morgan fingerprint density at radius 1 is 1.32 bits per heavy atom. The highest BCUT2D eigenvalue weighted by atomic mass is 31.2. The third kappa shape index (κ3) is 4.58. The molecule has 2 amide bonds. The number of amides is 2. The number of carbonyl (C=O) groups is 1. The summed E-state index contributed by atoms with van der Waals surface area (Å²) in [5, 5.41) is 0. The van der Waals surface area contributed by atoms with Crippen molar-refractivity contribution in [3.8, 4) is 0 Å². The van der Waals surface area contributed by atoms with Crippen LogP contribution in [-0.4, -0.2) is 47.9 Å². The van der Waals surface area contributed by atoms with Crippen LogP contribution >= 0.6 is 7.60 Å². The van der Waals surface area contributed by atoms with Gasteiger partial charge in [-0.25, -0.2) is 4.79 Å². The summed E-state index contributed by atoms with van der Waals surface area (Å²) in [5.74, 6) is -0.247. The van der Waals surface area contributed by atoms with E-state index in [1.54, 1.807) is 24.9 Å². The summed E-state index contributed by atoms with van der Waals surface area (Å²) in [6, 6.07) is -0.139. The minimum absolute atomic E-state index is 0.139. The third-order valence-corrected chi connectivity index (χ3v) is 5.54. The highest BCUT2D eigenvalue weighted by Crippen LogP contribution is 2.56. The van der Waals surface area contributed by atoms with Gasteiger partial charge < -0.3 is 13.9 Å². The molecule has 0 aromatic heterocycles. The minimum Gasteiger partial charge on any atom is -0.321 e. The van der Waals surface area contributed by atoms with E-state index >= 15 is 0 Å². The van der Waals surface area contributed by atoms with Crippen LogP contribution in [0.1, 0.15) is 41.5 Å². The molecular formula is C15H29N2O4P. The largest absolute Gasteiger partial charge is 0.355 e. The molecule has 22 heavy (non-hydrogen) atoms. The van der Waals surface area contributed by atoms with Gasteiger partial charge >= 0.3 is 13.6 Å². The lowest BCUT2D eigenvalue weighted by Crippen LogP contribution is -2.32. The number of hydrogen-bond acceptors (Lipinski definition) is 4. The normalized spacial score (nSPS) is 19.2. The van der Waals surface area contributed by atoms with Gasteiger partial charge in [0.1, 0.15) is 0 Å². The lowest BCUT2D eigenvalue weighted by Gasteiger charge is -2.27. The Balaban J connectivity index is 3.14. The number of urea groups is 1. The Kier molecular flexibility index (Phi) is 7.10. The molecule has 1 aliphatic rings. The summed E-state index contributed by atoms with van der Waals surface area (Å²) in [7, 11) is -3.38. The van der Waals surface area contributed by atoms with Crippen molar-refractivity contribution in [1.29, 1.82) is 0 Å². The van der Waals surface area contributed by atoms with Crippen LogP contribution in [0.2, 0.25) is 0 Å². The number of hydrogen-bond donors (Lipinski definition) is 0. The third-order valence-electron chi connectivity index (χ3n) is 3.16. The van der Waals surface area contributed by atoms with Gasteiger partial charge in [0.15, 0.2) is 5.78 Å². The molecule has 1 saturated heterocycles. The molecule has 1 atom stereocenters. The quantitative estimate of drug-likeness (QED) is 0.633. The van der Waals surface area contributed by atoms with Crippen LogP contribution < -0.4 is 0 Å². The number of nitrogens with zero attached hydrogens (tertiary/aromatic N) is 2. The van der Waals surface area contributed by atoms with Crippen LogP contribution in [0, 0.1) is 5.92 Å². The van der Waals surface area contributed by atoms with E-state index in [0.717, 1.165) is 5.57 Å². The Hall–Kier alpha value is -0.840. The van der Waals surface area contributed by atoms with Gasteiger partial charge in [0.05, 0.1) is 19.8 Å². The number of allylic oxidation sites excluding steroid dienone is 1. The number of carbonyl (C=O) groups excluding carboxylic acids is 1. The molecule has 1 aliphatic heterocycles. The molecule has 0 spiro atoms. The zero-order chi connectivity index (χ0) is 16.9. The van der Waals surface area contributed by atoms with E-state index in [4.69, 9.17) is 9.05 Å². The molecule has 6 nitrogen and oxygen atoms in total. The molecule has 0 saturated carbocycles. The standard InChI is InChI=1S/C15H29N2O4P/c1-7-20-22(19,21-8-2)14-11-16(9-12(3)4)15(18)17(14)10-13(5)6/h10,12,14H,7-9,11H2,1-6H3. The van der Waals surface area contributed by atoms with E-state index in [-0.39, 0.29) is 19.2 Å². The summed E-state index contributed by atoms with van der Waals surface area (Å²) in [5.41, 5.74) is 0.962. The molecular weight excluding hydrogens is 303 g/mol. The lowest BCUT2D eigenvalue weighted by molar-refractivity contribution is 0.189. The van der Waals surface area contributed by atoms with Gasteiger partial charge in [-0.05, 0) is 33.6 Å². The average Bonchev–Trinajstić information content (AvgIpc) is 2.68. The van der Waals surface area contributed by atoms with Gasteiger partial charge in [-0.3, -0.25) is 9.46 Å².